The van der Waals surface area contributed by atoms with Crippen molar-refractivity contribution in [3.05, 3.63) is 58.2 Å². The fourth-order valence-electron chi connectivity index (χ4n) is 4.15. The second-order valence-corrected chi connectivity index (χ2v) is 9.06. The fourth-order valence-corrected chi connectivity index (χ4v) is 4.39. The molecule has 0 aliphatic carbocycles. The van der Waals surface area contributed by atoms with Crippen LogP contribution in [0, 0.1) is 11.3 Å². The summed E-state index contributed by atoms with van der Waals surface area (Å²) in [5, 5.41) is 17.8. The SMILES string of the molecule is CC(C)(C)c1ccc(C2CCCN(c3ccc(Cl)c4c(C#N)n[nH]c34)C2)cc1. The number of H-pyrrole nitrogens is 1. The summed E-state index contributed by atoms with van der Waals surface area (Å²) in [7, 11) is 0. The van der Waals surface area contributed by atoms with E-state index in [1.807, 2.05) is 12.1 Å². The van der Waals surface area contributed by atoms with Gasteiger partial charge < -0.3 is 4.90 Å². The van der Waals surface area contributed by atoms with Crippen LogP contribution in [0.4, 0.5) is 5.69 Å². The molecule has 1 fully saturated rings. The molecule has 1 N–H and O–H groups in total. The van der Waals surface area contributed by atoms with Gasteiger partial charge in [-0.2, -0.15) is 10.4 Å². The Morgan fingerprint density at radius 3 is 2.61 bits per heavy atom. The molecule has 1 aromatic heterocycles. The third-order valence-corrected chi connectivity index (χ3v) is 6.08. The van der Waals surface area contributed by atoms with Gasteiger partial charge in [0.1, 0.15) is 6.07 Å². The van der Waals surface area contributed by atoms with Crippen LogP contribution in [0.5, 0.6) is 0 Å². The summed E-state index contributed by atoms with van der Waals surface area (Å²) in [6.45, 7) is 8.68. The topological polar surface area (TPSA) is 55.7 Å². The van der Waals surface area contributed by atoms with Crippen LogP contribution in [0.25, 0.3) is 10.9 Å². The Morgan fingerprint density at radius 1 is 1.18 bits per heavy atom. The summed E-state index contributed by atoms with van der Waals surface area (Å²) >= 11 is 6.34. The number of hydrogen-bond acceptors (Lipinski definition) is 3. The van der Waals surface area contributed by atoms with E-state index in [9.17, 15) is 5.26 Å². The van der Waals surface area contributed by atoms with Crippen molar-refractivity contribution in [3.8, 4) is 6.07 Å². The third kappa shape index (κ3) is 3.36. The first kappa shape index (κ1) is 18.8. The summed E-state index contributed by atoms with van der Waals surface area (Å²) in [4.78, 5) is 2.39. The van der Waals surface area contributed by atoms with Crippen molar-refractivity contribution in [3.63, 3.8) is 0 Å². The van der Waals surface area contributed by atoms with Crippen molar-refractivity contribution < 1.29 is 0 Å². The first-order chi connectivity index (χ1) is 13.4. The number of anilines is 1. The van der Waals surface area contributed by atoms with Gasteiger partial charge in [0.05, 0.1) is 21.6 Å². The van der Waals surface area contributed by atoms with E-state index in [-0.39, 0.29) is 5.41 Å². The van der Waals surface area contributed by atoms with Gasteiger partial charge in [0.25, 0.3) is 0 Å². The van der Waals surface area contributed by atoms with Crippen molar-refractivity contribution in [1.82, 2.24) is 10.2 Å². The highest BCUT2D eigenvalue weighted by atomic mass is 35.5. The zero-order valence-corrected chi connectivity index (χ0v) is 17.3. The Balaban J connectivity index is 1.63. The molecule has 144 valence electrons. The van der Waals surface area contributed by atoms with Crippen molar-refractivity contribution >= 4 is 28.2 Å². The van der Waals surface area contributed by atoms with Crippen LogP contribution in [0.1, 0.15) is 56.4 Å². The minimum Gasteiger partial charge on any atom is -0.369 e. The van der Waals surface area contributed by atoms with E-state index < -0.39 is 0 Å². The molecular formula is C23H25ClN4. The second-order valence-electron chi connectivity index (χ2n) is 8.66. The normalized spacial score (nSPS) is 17.7. The van der Waals surface area contributed by atoms with Crippen LogP contribution in [-0.2, 0) is 5.41 Å². The molecule has 0 radical (unpaired) electrons. The Kier molecular flexibility index (Phi) is 4.81. The van der Waals surface area contributed by atoms with E-state index in [0.29, 0.717) is 16.6 Å². The fraction of sp³-hybridized carbons (Fsp3) is 0.391. The minimum absolute atomic E-state index is 0.172. The molecule has 4 rings (SSSR count). The van der Waals surface area contributed by atoms with Crippen molar-refractivity contribution in [1.29, 1.82) is 5.26 Å². The molecule has 3 aromatic rings. The van der Waals surface area contributed by atoms with Gasteiger partial charge in [-0.05, 0) is 41.5 Å². The number of halogens is 1. The Hall–Kier alpha value is -2.51. The molecule has 0 bridgehead atoms. The molecule has 5 heteroatoms. The maximum Gasteiger partial charge on any atom is 0.171 e. The molecule has 4 nitrogen and oxygen atoms in total. The number of piperidine rings is 1. The van der Waals surface area contributed by atoms with Crippen molar-refractivity contribution in [2.75, 3.05) is 18.0 Å². The Labute approximate surface area is 171 Å². The van der Waals surface area contributed by atoms with Gasteiger partial charge in [0.2, 0.25) is 0 Å². The quantitative estimate of drug-likeness (QED) is 0.602. The largest absolute Gasteiger partial charge is 0.369 e. The number of hydrogen-bond donors (Lipinski definition) is 1. The second kappa shape index (κ2) is 7.14. The predicted molar refractivity (Wildman–Crippen MR) is 115 cm³/mol. The molecular weight excluding hydrogens is 368 g/mol. The van der Waals surface area contributed by atoms with Gasteiger partial charge in [-0.3, -0.25) is 5.10 Å². The number of nitriles is 1. The number of nitrogens with zero attached hydrogens (tertiary/aromatic N) is 3. The summed E-state index contributed by atoms with van der Waals surface area (Å²) in [5.41, 5.74) is 5.21. The average molecular weight is 393 g/mol. The number of aromatic amines is 1. The molecule has 0 saturated carbocycles. The van der Waals surface area contributed by atoms with Gasteiger partial charge in [0.15, 0.2) is 5.69 Å². The van der Waals surface area contributed by atoms with Crippen LogP contribution in [-0.4, -0.2) is 23.3 Å². The number of nitrogens with one attached hydrogen (secondary N) is 1. The summed E-state index contributed by atoms with van der Waals surface area (Å²) < 4.78 is 0. The first-order valence-electron chi connectivity index (χ1n) is 9.80. The standard InChI is InChI=1S/C23H25ClN4/c1-23(2,3)17-8-6-15(7-9-17)16-5-4-12-28(14-16)20-11-10-18(24)21-19(13-25)26-27-22(20)21/h6-11,16H,4-5,12,14H2,1-3H3,(H,26,27). The van der Waals surface area contributed by atoms with Crippen molar-refractivity contribution in [2.45, 2.75) is 44.9 Å². The highest BCUT2D eigenvalue weighted by molar-refractivity contribution is 6.36. The van der Waals surface area contributed by atoms with E-state index >= 15 is 0 Å². The van der Waals surface area contributed by atoms with Gasteiger partial charge in [0, 0.05) is 19.0 Å². The lowest BCUT2D eigenvalue weighted by Gasteiger charge is -2.35. The van der Waals surface area contributed by atoms with Gasteiger partial charge in [-0.15, -0.1) is 0 Å². The molecule has 2 heterocycles. The molecule has 28 heavy (non-hydrogen) atoms. The molecule has 1 unspecified atom stereocenters. The van der Waals surface area contributed by atoms with E-state index in [1.54, 1.807) is 0 Å². The third-order valence-electron chi connectivity index (χ3n) is 5.76. The Bertz CT molecular complexity index is 1040. The van der Waals surface area contributed by atoms with E-state index in [1.165, 1.54) is 17.5 Å². The molecule has 1 saturated heterocycles. The van der Waals surface area contributed by atoms with E-state index in [0.717, 1.165) is 36.1 Å². The highest BCUT2D eigenvalue weighted by Gasteiger charge is 2.25. The van der Waals surface area contributed by atoms with E-state index in [4.69, 9.17) is 11.6 Å². The lowest BCUT2D eigenvalue weighted by molar-refractivity contribution is 0.510. The van der Waals surface area contributed by atoms with Crippen LogP contribution in [0.2, 0.25) is 5.02 Å². The maximum atomic E-state index is 9.32. The lowest BCUT2D eigenvalue weighted by Crippen LogP contribution is -2.34. The zero-order chi connectivity index (χ0) is 19.9. The highest BCUT2D eigenvalue weighted by Crippen LogP contribution is 2.37. The molecule has 0 amide bonds. The predicted octanol–water partition coefficient (Wildman–Crippen LogP) is 5.77. The van der Waals surface area contributed by atoms with E-state index in [2.05, 4.69) is 66.2 Å². The number of fused-ring (bicyclic) bond motifs is 1. The number of benzene rings is 2. The first-order valence-corrected chi connectivity index (χ1v) is 10.2. The average Bonchev–Trinajstić information content (AvgIpc) is 3.13. The van der Waals surface area contributed by atoms with Crippen LogP contribution in [0.15, 0.2) is 36.4 Å². The summed E-state index contributed by atoms with van der Waals surface area (Å²) in [6.07, 6.45) is 2.32. The van der Waals surface area contributed by atoms with Crippen LogP contribution in [0.3, 0.4) is 0 Å². The van der Waals surface area contributed by atoms with Crippen molar-refractivity contribution in [2.24, 2.45) is 0 Å². The maximum absolute atomic E-state index is 9.32. The Morgan fingerprint density at radius 2 is 1.93 bits per heavy atom. The minimum atomic E-state index is 0.172. The molecule has 1 atom stereocenters. The molecule has 0 spiro atoms. The smallest absolute Gasteiger partial charge is 0.171 e. The van der Waals surface area contributed by atoms with Gasteiger partial charge in [-0.1, -0.05) is 56.6 Å². The monoisotopic (exact) mass is 392 g/mol. The van der Waals surface area contributed by atoms with Crippen LogP contribution < -0.4 is 4.90 Å². The summed E-state index contributed by atoms with van der Waals surface area (Å²) in [5.74, 6) is 0.492. The van der Waals surface area contributed by atoms with Gasteiger partial charge in [-0.25, -0.2) is 0 Å². The number of rotatable bonds is 2. The molecule has 1 aliphatic heterocycles. The molecule has 2 aromatic carbocycles. The summed E-state index contributed by atoms with van der Waals surface area (Å²) in [6, 6.07) is 15.1. The molecule has 1 aliphatic rings. The number of aromatic nitrogens is 2. The van der Waals surface area contributed by atoms with Gasteiger partial charge >= 0.3 is 0 Å². The lowest BCUT2D eigenvalue weighted by atomic mass is 9.84. The van der Waals surface area contributed by atoms with Crippen LogP contribution >= 0.6 is 11.6 Å². The zero-order valence-electron chi connectivity index (χ0n) is 16.6.